The van der Waals surface area contributed by atoms with Gasteiger partial charge in [-0.15, -0.1) is 0 Å². The minimum atomic E-state index is -4.67. The molecule has 1 aromatic heterocycles. The van der Waals surface area contributed by atoms with Gasteiger partial charge in [-0.2, -0.15) is 18.3 Å². The van der Waals surface area contributed by atoms with E-state index >= 15 is 0 Å². The number of nitrogens with zero attached hydrogens (tertiary/aromatic N) is 3. The minimum absolute atomic E-state index is 0.399. The number of hydrogen-bond acceptors (Lipinski definition) is 4. The highest BCUT2D eigenvalue weighted by Gasteiger charge is 2.53. The summed E-state index contributed by atoms with van der Waals surface area (Å²) in [4.78, 5) is 24.5. The van der Waals surface area contributed by atoms with E-state index in [2.05, 4.69) is 10.4 Å². The number of likely N-dealkylation sites (tertiary alicyclic amines) is 1. The number of carbonyl (C=O) groups excluding carboxylic acids is 1. The Kier molecular flexibility index (Phi) is 5.31. The predicted molar refractivity (Wildman–Crippen MR) is 85.8 cm³/mol. The number of aryl methyl sites for hydroxylation is 1. The Morgan fingerprint density at radius 3 is 2.70 bits per heavy atom. The van der Waals surface area contributed by atoms with Crippen LogP contribution in [-0.4, -0.2) is 63.7 Å². The van der Waals surface area contributed by atoms with Crippen LogP contribution in [0.1, 0.15) is 25.0 Å². The molecule has 2 N–H and O–H groups in total. The summed E-state index contributed by atoms with van der Waals surface area (Å²) in [5.74, 6) is -5.28. The summed E-state index contributed by atoms with van der Waals surface area (Å²) < 4.78 is 46.6. The molecule has 0 aliphatic carbocycles. The molecule has 0 unspecified atom stereocenters. The number of urea groups is 1. The van der Waals surface area contributed by atoms with Crippen LogP contribution in [-0.2, 0) is 16.1 Å². The topological polar surface area (TPSA) is 96.7 Å². The molecule has 2 amide bonds. The van der Waals surface area contributed by atoms with Crippen molar-refractivity contribution in [3.8, 4) is 0 Å². The third-order valence-electron chi connectivity index (χ3n) is 5.05. The summed E-state index contributed by atoms with van der Waals surface area (Å²) in [5.41, 5.74) is 0.776. The number of nitrogens with one attached hydrogen (secondary N) is 1. The maximum atomic E-state index is 13.1. The molecule has 1 aromatic rings. The van der Waals surface area contributed by atoms with Gasteiger partial charge in [-0.1, -0.05) is 0 Å². The molecule has 11 heteroatoms. The van der Waals surface area contributed by atoms with Gasteiger partial charge in [-0.05, 0) is 13.3 Å². The molecule has 0 aromatic carbocycles. The van der Waals surface area contributed by atoms with E-state index in [1.807, 2.05) is 6.92 Å². The van der Waals surface area contributed by atoms with Gasteiger partial charge < -0.3 is 20.1 Å². The van der Waals surface area contributed by atoms with E-state index in [1.54, 1.807) is 17.1 Å². The first-order chi connectivity index (χ1) is 12.7. The molecule has 4 atom stereocenters. The van der Waals surface area contributed by atoms with Gasteiger partial charge in [0.2, 0.25) is 0 Å². The van der Waals surface area contributed by atoms with Crippen LogP contribution < -0.4 is 5.32 Å². The first-order valence-electron chi connectivity index (χ1n) is 8.69. The Hall–Kier alpha value is -2.30. The number of aliphatic carboxylic acids is 1. The summed E-state index contributed by atoms with van der Waals surface area (Å²) in [6.45, 7) is 1.85. The van der Waals surface area contributed by atoms with Gasteiger partial charge in [-0.25, -0.2) is 4.79 Å². The number of aromatic nitrogens is 2. The fourth-order valence-electron chi connectivity index (χ4n) is 3.57. The molecular formula is C16H21F3N4O4. The number of carboxylic acids is 1. The zero-order valence-corrected chi connectivity index (χ0v) is 14.6. The predicted octanol–water partition coefficient (Wildman–Crippen LogP) is 1.64. The maximum Gasteiger partial charge on any atom is 0.394 e. The molecule has 3 heterocycles. The average molecular weight is 390 g/mol. The number of halogens is 3. The fraction of sp³-hybridized carbons (Fsp3) is 0.688. The quantitative estimate of drug-likeness (QED) is 0.815. The monoisotopic (exact) mass is 390 g/mol. The van der Waals surface area contributed by atoms with Gasteiger partial charge in [0.1, 0.15) is 6.10 Å². The Bertz CT molecular complexity index is 708. The van der Waals surface area contributed by atoms with Crippen LogP contribution in [0.3, 0.4) is 0 Å². The summed E-state index contributed by atoms with van der Waals surface area (Å²) in [6.07, 6.45) is -1.18. The number of ether oxygens (including phenoxy) is 1. The van der Waals surface area contributed by atoms with Gasteiger partial charge >= 0.3 is 18.2 Å². The van der Waals surface area contributed by atoms with Gasteiger partial charge in [0.15, 0.2) is 0 Å². The Morgan fingerprint density at radius 2 is 2.15 bits per heavy atom. The highest BCUT2D eigenvalue weighted by molar-refractivity contribution is 5.78. The van der Waals surface area contributed by atoms with Crippen LogP contribution in [0, 0.1) is 11.8 Å². The van der Waals surface area contributed by atoms with Gasteiger partial charge in [0, 0.05) is 38.0 Å². The molecule has 0 spiro atoms. The summed E-state index contributed by atoms with van der Waals surface area (Å²) in [5, 5.41) is 15.9. The van der Waals surface area contributed by atoms with Crippen molar-refractivity contribution in [1.82, 2.24) is 20.0 Å². The third-order valence-corrected chi connectivity index (χ3v) is 5.05. The molecule has 8 nitrogen and oxygen atoms in total. The van der Waals surface area contributed by atoms with E-state index in [0.29, 0.717) is 19.6 Å². The van der Waals surface area contributed by atoms with E-state index in [0.717, 1.165) is 10.5 Å². The molecule has 0 radical (unpaired) electrons. The van der Waals surface area contributed by atoms with Crippen molar-refractivity contribution in [2.75, 3.05) is 19.7 Å². The van der Waals surface area contributed by atoms with Gasteiger partial charge in [0.05, 0.1) is 24.1 Å². The Balaban J connectivity index is 1.67. The highest BCUT2D eigenvalue weighted by atomic mass is 19.4. The van der Waals surface area contributed by atoms with E-state index in [1.165, 1.54) is 0 Å². The molecule has 27 heavy (non-hydrogen) atoms. The third kappa shape index (κ3) is 4.02. The lowest BCUT2D eigenvalue weighted by molar-refractivity contribution is -0.187. The van der Waals surface area contributed by atoms with Crippen molar-refractivity contribution in [2.45, 2.75) is 38.2 Å². The number of amides is 2. The second-order valence-corrected chi connectivity index (χ2v) is 6.76. The first kappa shape index (κ1) is 19.5. The van der Waals surface area contributed by atoms with Crippen LogP contribution in [0.25, 0.3) is 0 Å². The van der Waals surface area contributed by atoms with E-state index in [4.69, 9.17) is 9.84 Å². The highest BCUT2D eigenvalue weighted by Crippen LogP contribution is 2.38. The number of hydrogen-bond donors (Lipinski definition) is 2. The lowest BCUT2D eigenvalue weighted by Gasteiger charge is -2.23. The molecular weight excluding hydrogens is 369 g/mol. The Labute approximate surface area is 153 Å². The van der Waals surface area contributed by atoms with Gasteiger partial charge in [0.25, 0.3) is 0 Å². The zero-order valence-electron chi connectivity index (χ0n) is 14.6. The maximum absolute atomic E-state index is 13.1. The molecule has 2 saturated heterocycles. The van der Waals surface area contributed by atoms with Crippen LogP contribution in [0.2, 0.25) is 0 Å². The van der Waals surface area contributed by atoms with E-state index < -0.39 is 55.2 Å². The standard InChI is InChI=1S/C16H21F3N4O4/c1-2-23-6-9(5-20-23)13-12(3-4-27-13)21-15(26)22-7-10(14(24)25)11(8-22)16(17,18)19/h5-6,10-13H,2-4,7-8H2,1H3,(H,21,26)(H,24,25)/t10-,11-,12+,13-/m1/s1. The molecule has 2 fully saturated rings. The normalized spacial score (nSPS) is 28.5. The van der Waals surface area contributed by atoms with Crippen molar-refractivity contribution in [3.05, 3.63) is 18.0 Å². The smallest absolute Gasteiger partial charge is 0.394 e. The van der Waals surface area contributed by atoms with Crippen molar-refractivity contribution in [3.63, 3.8) is 0 Å². The summed E-state index contributed by atoms with van der Waals surface area (Å²) >= 11 is 0. The van der Waals surface area contributed by atoms with E-state index in [9.17, 15) is 22.8 Å². The SMILES string of the molecule is CCn1cc([C@H]2OCC[C@@H]2NC(=O)N2C[C@@H](C(F)(F)F)[C@H](C(=O)O)C2)cn1. The van der Waals surface area contributed by atoms with Crippen molar-refractivity contribution in [2.24, 2.45) is 11.8 Å². The largest absolute Gasteiger partial charge is 0.481 e. The van der Waals surface area contributed by atoms with Crippen LogP contribution in [0.5, 0.6) is 0 Å². The second kappa shape index (κ2) is 7.37. The van der Waals surface area contributed by atoms with Crippen molar-refractivity contribution >= 4 is 12.0 Å². The second-order valence-electron chi connectivity index (χ2n) is 6.76. The number of alkyl halides is 3. The molecule has 0 bridgehead atoms. The molecule has 2 aliphatic rings. The lowest BCUT2D eigenvalue weighted by atomic mass is 9.96. The van der Waals surface area contributed by atoms with Gasteiger partial charge in [-0.3, -0.25) is 9.48 Å². The van der Waals surface area contributed by atoms with Crippen LogP contribution in [0.4, 0.5) is 18.0 Å². The van der Waals surface area contributed by atoms with Crippen molar-refractivity contribution in [1.29, 1.82) is 0 Å². The fourth-order valence-corrected chi connectivity index (χ4v) is 3.57. The van der Waals surface area contributed by atoms with Crippen LogP contribution in [0.15, 0.2) is 12.4 Å². The molecule has 0 saturated carbocycles. The molecule has 3 rings (SSSR count). The van der Waals surface area contributed by atoms with Crippen LogP contribution >= 0.6 is 0 Å². The Morgan fingerprint density at radius 1 is 1.41 bits per heavy atom. The van der Waals surface area contributed by atoms with E-state index in [-0.39, 0.29) is 0 Å². The number of carboxylic acid groups (broad SMARTS) is 1. The number of rotatable bonds is 4. The summed E-state index contributed by atoms with van der Waals surface area (Å²) in [7, 11) is 0. The van der Waals surface area contributed by atoms with Crippen molar-refractivity contribution < 1.29 is 32.6 Å². The lowest BCUT2D eigenvalue weighted by Crippen LogP contribution is -2.45. The summed E-state index contributed by atoms with van der Waals surface area (Å²) in [6, 6.07) is -1.13. The molecule has 2 aliphatic heterocycles. The zero-order chi connectivity index (χ0) is 19.8. The number of carbonyl (C=O) groups is 2. The average Bonchev–Trinajstić information content (AvgIpc) is 3.32. The molecule has 150 valence electrons. The minimum Gasteiger partial charge on any atom is -0.481 e. The first-order valence-corrected chi connectivity index (χ1v) is 8.69.